The maximum atomic E-state index is 12.3. The molecule has 0 amide bonds. The van der Waals surface area contributed by atoms with Gasteiger partial charge in [-0.15, -0.1) is 0 Å². The van der Waals surface area contributed by atoms with Crippen LogP contribution in [0.3, 0.4) is 0 Å². The molecule has 2 aliphatic rings. The summed E-state index contributed by atoms with van der Waals surface area (Å²) in [6, 6.07) is 0. The van der Waals surface area contributed by atoms with Crippen LogP contribution >= 0.6 is 7.60 Å². The van der Waals surface area contributed by atoms with Crippen molar-refractivity contribution in [3.05, 3.63) is 0 Å². The minimum absolute atomic E-state index is 0.0893. The standard InChI is InChI=1S/C9H17O4PS/c1-9(2)6-12-14(10,13-7-9)8-4-3-5-15(8)11/h8H,3-7H2,1-2H3/t8-,15?/m0/s1. The van der Waals surface area contributed by atoms with Crippen LogP contribution < -0.4 is 0 Å². The second-order valence-corrected chi connectivity index (χ2v) is 9.24. The third kappa shape index (κ3) is 2.36. The molecule has 0 bridgehead atoms. The summed E-state index contributed by atoms with van der Waals surface area (Å²) in [5, 5.41) is 0. The topological polar surface area (TPSA) is 52.6 Å². The molecule has 0 N–H and O–H groups in total. The van der Waals surface area contributed by atoms with Gasteiger partial charge in [-0.1, -0.05) is 13.8 Å². The van der Waals surface area contributed by atoms with Crippen molar-refractivity contribution < 1.29 is 17.8 Å². The Bertz CT molecular complexity index is 314. The van der Waals surface area contributed by atoms with E-state index in [1.54, 1.807) is 0 Å². The Morgan fingerprint density at radius 3 is 2.40 bits per heavy atom. The first-order chi connectivity index (χ1) is 6.93. The van der Waals surface area contributed by atoms with Gasteiger partial charge in [0.2, 0.25) is 0 Å². The molecule has 4 nitrogen and oxygen atoms in total. The van der Waals surface area contributed by atoms with E-state index in [9.17, 15) is 8.77 Å². The predicted molar refractivity (Wildman–Crippen MR) is 59.3 cm³/mol. The van der Waals surface area contributed by atoms with E-state index in [1.807, 2.05) is 13.8 Å². The Morgan fingerprint density at radius 1 is 1.33 bits per heavy atom. The highest BCUT2D eigenvalue weighted by Crippen LogP contribution is 2.60. The largest absolute Gasteiger partial charge is 0.346 e. The molecule has 2 heterocycles. The maximum Gasteiger partial charge on any atom is 0.346 e. The third-order valence-corrected chi connectivity index (χ3v) is 7.68. The summed E-state index contributed by atoms with van der Waals surface area (Å²) < 4.78 is 34.7. The van der Waals surface area contributed by atoms with Gasteiger partial charge in [0.05, 0.1) is 13.2 Å². The van der Waals surface area contributed by atoms with Crippen molar-refractivity contribution in [1.82, 2.24) is 0 Å². The van der Waals surface area contributed by atoms with Crippen LogP contribution in [-0.4, -0.2) is 28.2 Å². The van der Waals surface area contributed by atoms with Crippen molar-refractivity contribution in [2.45, 2.75) is 31.7 Å². The summed E-state index contributed by atoms with van der Waals surface area (Å²) in [5.74, 6) is 0.630. The van der Waals surface area contributed by atoms with E-state index >= 15 is 0 Å². The highest BCUT2D eigenvalue weighted by atomic mass is 32.2. The van der Waals surface area contributed by atoms with E-state index in [1.165, 1.54) is 0 Å². The molecule has 0 aromatic heterocycles. The molecule has 15 heavy (non-hydrogen) atoms. The van der Waals surface area contributed by atoms with Crippen LogP contribution in [0.2, 0.25) is 0 Å². The molecule has 1 unspecified atom stereocenters. The monoisotopic (exact) mass is 252 g/mol. The quantitative estimate of drug-likeness (QED) is 0.671. The third-order valence-electron chi connectivity index (χ3n) is 2.72. The van der Waals surface area contributed by atoms with Crippen LogP contribution in [0.25, 0.3) is 0 Å². The van der Waals surface area contributed by atoms with Gasteiger partial charge in [-0.05, 0) is 12.8 Å². The van der Waals surface area contributed by atoms with Crippen LogP contribution in [0.4, 0.5) is 0 Å². The molecule has 0 aromatic carbocycles. The lowest BCUT2D eigenvalue weighted by Gasteiger charge is -2.35. The average molecular weight is 252 g/mol. The second-order valence-electron chi connectivity index (χ2n) is 4.93. The average Bonchev–Trinajstić information content (AvgIpc) is 2.58. The summed E-state index contributed by atoms with van der Waals surface area (Å²) in [6.07, 6.45) is 1.56. The van der Waals surface area contributed by atoms with Crippen molar-refractivity contribution in [2.24, 2.45) is 5.41 Å². The van der Waals surface area contributed by atoms with Crippen molar-refractivity contribution >= 4 is 18.4 Å². The molecule has 2 aliphatic heterocycles. The fourth-order valence-electron chi connectivity index (χ4n) is 1.74. The SMILES string of the molecule is CC1(C)COP(=O)([C@@H]2CCCS2=O)OC1. The summed E-state index contributed by atoms with van der Waals surface area (Å²) in [5.41, 5.74) is -0.0893. The Morgan fingerprint density at radius 2 is 1.93 bits per heavy atom. The summed E-state index contributed by atoms with van der Waals surface area (Å²) in [6.45, 7) is 4.86. The van der Waals surface area contributed by atoms with Gasteiger partial charge in [0.15, 0.2) is 0 Å². The summed E-state index contributed by atoms with van der Waals surface area (Å²) in [7, 11) is -4.13. The van der Waals surface area contributed by atoms with Crippen molar-refractivity contribution in [3.8, 4) is 0 Å². The van der Waals surface area contributed by atoms with Gasteiger partial charge in [0.1, 0.15) is 4.99 Å². The molecule has 2 fully saturated rings. The van der Waals surface area contributed by atoms with Gasteiger partial charge < -0.3 is 9.05 Å². The Labute approximate surface area is 92.7 Å². The highest BCUT2D eigenvalue weighted by Gasteiger charge is 2.47. The van der Waals surface area contributed by atoms with Gasteiger partial charge in [0.25, 0.3) is 0 Å². The highest BCUT2D eigenvalue weighted by molar-refractivity contribution is 7.93. The van der Waals surface area contributed by atoms with Gasteiger partial charge in [-0.25, -0.2) is 0 Å². The van der Waals surface area contributed by atoms with Crippen molar-refractivity contribution in [1.29, 1.82) is 0 Å². The van der Waals surface area contributed by atoms with E-state index in [0.29, 0.717) is 25.4 Å². The van der Waals surface area contributed by atoms with E-state index in [2.05, 4.69) is 0 Å². The van der Waals surface area contributed by atoms with Crippen LogP contribution in [0.15, 0.2) is 0 Å². The smallest absolute Gasteiger partial charge is 0.307 e. The van der Waals surface area contributed by atoms with Crippen LogP contribution in [-0.2, 0) is 24.4 Å². The zero-order chi connectivity index (χ0) is 11.1. The number of rotatable bonds is 1. The Kier molecular flexibility index (Phi) is 3.10. The normalized spacial score (nSPS) is 39.1. The Balaban J connectivity index is 2.09. The molecule has 2 rings (SSSR count). The lowest BCUT2D eigenvalue weighted by molar-refractivity contribution is 0.0404. The molecule has 0 saturated carbocycles. The molecule has 0 spiro atoms. The van der Waals surface area contributed by atoms with Crippen molar-refractivity contribution in [3.63, 3.8) is 0 Å². The predicted octanol–water partition coefficient (Wildman–Crippen LogP) is 2.12. The van der Waals surface area contributed by atoms with E-state index < -0.39 is 18.4 Å². The van der Waals surface area contributed by atoms with E-state index in [0.717, 1.165) is 6.42 Å². The first kappa shape index (κ1) is 11.8. The van der Waals surface area contributed by atoms with Gasteiger partial charge in [-0.3, -0.25) is 8.77 Å². The molecule has 2 atom stereocenters. The second kappa shape index (κ2) is 3.95. The molecular formula is C9H17O4PS. The molecule has 2 saturated heterocycles. The van der Waals surface area contributed by atoms with E-state index in [-0.39, 0.29) is 10.4 Å². The molecule has 0 aliphatic carbocycles. The molecule has 6 heteroatoms. The van der Waals surface area contributed by atoms with Gasteiger partial charge in [-0.2, -0.15) is 0 Å². The summed E-state index contributed by atoms with van der Waals surface area (Å²) >= 11 is 0. The summed E-state index contributed by atoms with van der Waals surface area (Å²) in [4.78, 5) is -0.381. The van der Waals surface area contributed by atoms with Crippen LogP contribution in [0.5, 0.6) is 0 Å². The molecule has 0 radical (unpaired) electrons. The van der Waals surface area contributed by atoms with Crippen LogP contribution in [0, 0.1) is 5.41 Å². The molecule has 0 aromatic rings. The minimum Gasteiger partial charge on any atom is -0.307 e. The number of hydrogen-bond acceptors (Lipinski definition) is 4. The lowest BCUT2D eigenvalue weighted by Crippen LogP contribution is -2.32. The van der Waals surface area contributed by atoms with Gasteiger partial charge in [0, 0.05) is 22.0 Å². The molecular weight excluding hydrogens is 235 g/mol. The lowest BCUT2D eigenvalue weighted by atomic mass is 9.97. The molecule has 88 valence electrons. The van der Waals surface area contributed by atoms with Crippen LogP contribution in [0.1, 0.15) is 26.7 Å². The fraction of sp³-hybridized carbons (Fsp3) is 1.00. The first-order valence-corrected chi connectivity index (χ1v) is 8.18. The minimum atomic E-state index is -3.10. The zero-order valence-electron chi connectivity index (χ0n) is 9.10. The first-order valence-electron chi connectivity index (χ1n) is 5.19. The number of hydrogen-bond donors (Lipinski definition) is 0. The van der Waals surface area contributed by atoms with Gasteiger partial charge >= 0.3 is 7.60 Å². The fourth-order valence-corrected chi connectivity index (χ4v) is 6.70. The zero-order valence-corrected chi connectivity index (χ0v) is 10.8. The maximum absolute atomic E-state index is 12.3. The Hall–Kier alpha value is 0.300. The van der Waals surface area contributed by atoms with Crippen molar-refractivity contribution in [2.75, 3.05) is 19.0 Å². The van der Waals surface area contributed by atoms with E-state index in [4.69, 9.17) is 9.05 Å².